The van der Waals surface area contributed by atoms with Gasteiger partial charge in [0.25, 0.3) is 5.91 Å². The molecule has 1 fully saturated rings. The number of piperazine rings is 1. The van der Waals surface area contributed by atoms with Gasteiger partial charge < -0.3 is 9.64 Å². The Bertz CT molecular complexity index is 934. The lowest BCUT2D eigenvalue weighted by Gasteiger charge is -2.36. The van der Waals surface area contributed by atoms with Crippen LogP contribution in [0.4, 0.5) is 5.69 Å². The normalized spacial score (nSPS) is 17.2. The number of rotatable bonds is 5. The number of carbonyl (C=O) groups excluding carboxylic acids is 2. The summed E-state index contributed by atoms with van der Waals surface area (Å²) < 4.78 is 5.53. The number of benzene rings is 2. The predicted molar refractivity (Wildman–Crippen MR) is 118 cm³/mol. The molecule has 0 bridgehead atoms. The van der Waals surface area contributed by atoms with Crippen molar-refractivity contribution in [2.45, 2.75) is 6.92 Å². The van der Waals surface area contributed by atoms with E-state index >= 15 is 0 Å². The molecular weight excluding hydrogens is 378 g/mol. The first-order valence-electron chi connectivity index (χ1n) is 10.4. The molecule has 0 aliphatic carbocycles. The molecule has 2 heterocycles. The van der Waals surface area contributed by atoms with Crippen LogP contribution in [0.2, 0.25) is 0 Å². The van der Waals surface area contributed by atoms with Gasteiger partial charge in [0.15, 0.2) is 6.61 Å². The van der Waals surface area contributed by atoms with Crippen molar-refractivity contribution in [3.8, 4) is 5.75 Å². The standard InChI is InChI=1S/C24H27N3O3/c1-19-9-10-21-22(16-19)30-18-24(29)27(21)17-23(28)26-14-12-25(13-15-26)11-5-8-20-6-3-2-4-7-20/h2-10,16H,11-15,17-18H2,1H3. The first-order chi connectivity index (χ1) is 14.6. The molecule has 2 amide bonds. The molecule has 6 nitrogen and oxygen atoms in total. The fourth-order valence-corrected chi connectivity index (χ4v) is 3.80. The zero-order chi connectivity index (χ0) is 20.9. The number of amides is 2. The van der Waals surface area contributed by atoms with Crippen molar-refractivity contribution in [2.24, 2.45) is 0 Å². The summed E-state index contributed by atoms with van der Waals surface area (Å²) in [5.41, 5.74) is 2.93. The Balaban J connectivity index is 1.30. The van der Waals surface area contributed by atoms with Gasteiger partial charge in [-0.25, -0.2) is 0 Å². The van der Waals surface area contributed by atoms with Gasteiger partial charge in [-0.05, 0) is 30.2 Å². The van der Waals surface area contributed by atoms with Crippen LogP contribution in [0.15, 0.2) is 54.6 Å². The number of anilines is 1. The molecule has 0 radical (unpaired) electrons. The smallest absolute Gasteiger partial charge is 0.265 e. The second-order valence-corrected chi connectivity index (χ2v) is 7.73. The molecule has 2 aliphatic heterocycles. The molecule has 156 valence electrons. The molecular formula is C24H27N3O3. The van der Waals surface area contributed by atoms with Gasteiger partial charge in [0.2, 0.25) is 5.91 Å². The minimum atomic E-state index is -0.176. The van der Waals surface area contributed by atoms with Crippen LogP contribution < -0.4 is 9.64 Å². The third kappa shape index (κ3) is 4.71. The number of ether oxygens (including phenoxy) is 1. The summed E-state index contributed by atoms with van der Waals surface area (Å²) >= 11 is 0. The highest BCUT2D eigenvalue weighted by Crippen LogP contribution is 2.32. The largest absolute Gasteiger partial charge is 0.482 e. The summed E-state index contributed by atoms with van der Waals surface area (Å²) in [5.74, 6) is 0.470. The van der Waals surface area contributed by atoms with Crippen LogP contribution in [0.5, 0.6) is 5.75 Å². The Labute approximate surface area is 177 Å². The van der Waals surface area contributed by atoms with Crippen molar-refractivity contribution < 1.29 is 14.3 Å². The molecule has 4 rings (SSSR count). The van der Waals surface area contributed by atoms with Crippen molar-refractivity contribution in [1.29, 1.82) is 0 Å². The Kier molecular flexibility index (Phi) is 6.14. The van der Waals surface area contributed by atoms with E-state index in [9.17, 15) is 9.59 Å². The van der Waals surface area contributed by atoms with E-state index in [1.807, 2.05) is 48.2 Å². The number of aryl methyl sites for hydroxylation is 1. The molecule has 0 aromatic heterocycles. The third-order valence-corrected chi connectivity index (χ3v) is 5.55. The number of hydrogen-bond acceptors (Lipinski definition) is 4. The van der Waals surface area contributed by atoms with E-state index in [0.717, 1.165) is 25.2 Å². The van der Waals surface area contributed by atoms with Crippen LogP contribution in [0.25, 0.3) is 6.08 Å². The molecule has 0 spiro atoms. The monoisotopic (exact) mass is 405 g/mol. The fraction of sp³-hybridized carbons (Fsp3) is 0.333. The van der Waals surface area contributed by atoms with Crippen molar-refractivity contribution in [2.75, 3.05) is 50.8 Å². The molecule has 2 aromatic rings. The van der Waals surface area contributed by atoms with Crippen molar-refractivity contribution in [3.05, 3.63) is 65.7 Å². The highest BCUT2D eigenvalue weighted by molar-refractivity contribution is 6.02. The average molecular weight is 405 g/mol. The van der Waals surface area contributed by atoms with Crippen LogP contribution in [0, 0.1) is 6.92 Å². The van der Waals surface area contributed by atoms with Gasteiger partial charge in [-0.1, -0.05) is 48.6 Å². The highest BCUT2D eigenvalue weighted by atomic mass is 16.5. The summed E-state index contributed by atoms with van der Waals surface area (Å²) in [6.45, 7) is 5.90. The second kappa shape index (κ2) is 9.13. The lowest BCUT2D eigenvalue weighted by atomic mass is 10.1. The van der Waals surface area contributed by atoms with Gasteiger partial charge in [0, 0.05) is 32.7 Å². The van der Waals surface area contributed by atoms with Crippen molar-refractivity contribution >= 4 is 23.6 Å². The Morgan fingerprint density at radius 3 is 2.60 bits per heavy atom. The number of nitrogens with zero attached hydrogens (tertiary/aromatic N) is 3. The van der Waals surface area contributed by atoms with Crippen LogP contribution >= 0.6 is 0 Å². The second-order valence-electron chi connectivity index (χ2n) is 7.73. The quantitative estimate of drug-likeness (QED) is 0.767. The van der Waals surface area contributed by atoms with E-state index < -0.39 is 0 Å². The SMILES string of the molecule is Cc1ccc2c(c1)OCC(=O)N2CC(=O)N1CCN(CC=Cc2ccccc2)CC1. The Hall–Kier alpha value is -3.12. The van der Waals surface area contributed by atoms with E-state index in [2.05, 4.69) is 29.2 Å². The zero-order valence-corrected chi connectivity index (χ0v) is 17.3. The van der Waals surface area contributed by atoms with Gasteiger partial charge in [0.1, 0.15) is 12.3 Å². The molecule has 2 aromatic carbocycles. The van der Waals surface area contributed by atoms with Crippen LogP contribution in [-0.2, 0) is 9.59 Å². The molecule has 0 N–H and O–H groups in total. The molecule has 2 aliphatic rings. The van der Waals surface area contributed by atoms with Crippen LogP contribution in [0.3, 0.4) is 0 Å². The molecule has 0 saturated carbocycles. The molecule has 30 heavy (non-hydrogen) atoms. The van der Waals surface area contributed by atoms with Gasteiger partial charge in [-0.2, -0.15) is 0 Å². The van der Waals surface area contributed by atoms with Gasteiger partial charge in [-0.15, -0.1) is 0 Å². The molecule has 6 heteroatoms. The van der Waals surface area contributed by atoms with Crippen LogP contribution in [-0.4, -0.2) is 67.5 Å². The van der Waals surface area contributed by atoms with E-state index in [1.165, 1.54) is 5.56 Å². The van der Waals surface area contributed by atoms with Gasteiger partial charge in [-0.3, -0.25) is 19.4 Å². The van der Waals surface area contributed by atoms with E-state index in [0.29, 0.717) is 24.5 Å². The van der Waals surface area contributed by atoms with E-state index in [4.69, 9.17) is 4.74 Å². The zero-order valence-electron chi connectivity index (χ0n) is 17.3. The van der Waals surface area contributed by atoms with Crippen molar-refractivity contribution in [3.63, 3.8) is 0 Å². The number of fused-ring (bicyclic) bond motifs is 1. The summed E-state index contributed by atoms with van der Waals surface area (Å²) in [5, 5.41) is 0. The van der Waals surface area contributed by atoms with E-state index in [-0.39, 0.29) is 25.0 Å². The van der Waals surface area contributed by atoms with Gasteiger partial charge in [0.05, 0.1) is 5.69 Å². The van der Waals surface area contributed by atoms with Crippen molar-refractivity contribution in [1.82, 2.24) is 9.80 Å². The first-order valence-corrected chi connectivity index (χ1v) is 10.4. The van der Waals surface area contributed by atoms with E-state index in [1.54, 1.807) is 4.90 Å². The maximum Gasteiger partial charge on any atom is 0.265 e. The predicted octanol–water partition coefficient (Wildman–Crippen LogP) is 2.58. The molecule has 0 atom stereocenters. The Morgan fingerprint density at radius 2 is 1.83 bits per heavy atom. The maximum atomic E-state index is 12.9. The lowest BCUT2D eigenvalue weighted by molar-refractivity contribution is -0.133. The van der Waals surface area contributed by atoms with Gasteiger partial charge >= 0.3 is 0 Å². The summed E-state index contributed by atoms with van der Waals surface area (Å²) in [4.78, 5) is 31.0. The lowest BCUT2D eigenvalue weighted by Crippen LogP contribution is -2.52. The first kappa shape index (κ1) is 20.2. The minimum Gasteiger partial charge on any atom is -0.482 e. The Morgan fingerprint density at radius 1 is 1.07 bits per heavy atom. The molecule has 1 saturated heterocycles. The summed E-state index contributed by atoms with van der Waals surface area (Å²) in [7, 11) is 0. The number of carbonyl (C=O) groups is 2. The van der Waals surface area contributed by atoms with Crippen LogP contribution in [0.1, 0.15) is 11.1 Å². The maximum absolute atomic E-state index is 12.9. The molecule has 0 unspecified atom stereocenters. The average Bonchev–Trinajstić information content (AvgIpc) is 2.77. The minimum absolute atomic E-state index is 0.0174. The highest BCUT2D eigenvalue weighted by Gasteiger charge is 2.30. The third-order valence-electron chi connectivity index (χ3n) is 5.55. The number of hydrogen-bond donors (Lipinski definition) is 0. The fourth-order valence-electron chi connectivity index (χ4n) is 3.80. The topological polar surface area (TPSA) is 53.1 Å². The summed E-state index contributed by atoms with van der Waals surface area (Å²) in [6.07, 6.45) is 4.29. The summed E-state index contributed by atoms with van der Waals surface area (Å²) in [6, 6.07) is 15.9.